The monoisotopic (exact) mass is 201 g/mol. The molecule has 0 amide bonds. The van der Waals surface area contributed by atoms with E-state index in [0.29, 0.717) is 18.5 Å². The number of benzene rings is 1. The van der Waals surface area contributed by atoms with Gasteiger partial charge in [-0.2, -0.15) is 0 Å². The molecule has 0 aliphatic carbocycles. The normalized spacial score (nSPS) is 12.9. The molecule has 0 aliphatic heterocycles. The quantitative estimate of drug-likeness (QED) is 0.764. The molecule has 0 aromatic heterocycles. The largest absolute Gasteiger partial charge is 0.391 e. The summed E-state index contributed by atoms with van der Waals surface area (Å²) in [6.07, 6.45) is -0.261. The Kier molecular flexibility index (Phi) is 3.98. The molecule has 0 aliphatic rings. The minimum absolute atomic E-state index is 0.317. The Hall–Kier alpha value is -1.00. The number of hydrogen-bond donors (Lipinski definition) is 2. The van der Waals surface area contributed by atoms with E-state index in [9.17, 15) is 13.9 Å². The summed E-state index contributed by atoms with van der Waals surface area (Å²) >= 11 is 0. The first-order valence-corrected chi connectivity index (χ1v) is 4.40. The van der Waals surface area contributed by atoms with Gasteiger partial charge in [0.25, 0.3) is 0 Å². The lowest BCUT2D eigenvalue weighted by atomic mass is 10.1. The van der Waals surface area contributed by atoms with E-state index in [0.717, 1.165) is 12.1 Å². The molecule has 1 aromatic rings. The average molecular weight is 201 g/mol. The Morgan fingerprint density at radius 3 is 2.64 bits per heavy atom. The smallest absolute Gasteiger partial charge is 0.159 e. The predicted octanol–water partition coefficient (Wildman–Crippen LogP) is 1.09. The van der Waals surface area contributed by atoms with Crippen molar-refractivity contribution in [2.24, 2.45) is 0 Å². The molecular weight excluding hydrogens is 188 g/mol. The molecule has 2 nitrogen and oxygen atoms in total. The van der Waals surface area contributed by atoms with Crippen LogP contribution in [0.3, 0.4) is 0 Å². The fraction of sp³-hybridized carbons (Fsp3) is 0.400. The number of halogens is 2. The van der Waals surface area contributed by atoms with Gasteiger partial charge in [0.1, 0.15) is 0 Å². The predicted molar refractivity (Wildman–Crippen MR) is 50.0 cm³/mol. The minimum atomic E-state index is -0.876. The van der Waals surface area contributed by atoms with Crippen molar-refractivity contribution in [3.63, 3.8) is 0 Å². The molecule has 78 valence electrons. The fourth-order valence-electron chi connectivity index (χ4n) is 1.25. The van der Waals surface area contributed by atoms with E-state index < -0.39 is 17.7 Å². The number of nitrogens with one attached hydrogen (secondary N) is 1. The van der Waals surface area contributed by atoms with Crippen LogP contribution in [0, 0.1) is 11.6 Å². The number of aliphatic hydroxyl groups is 1. The first-order valence-electron chi connectivity index (χ1n) is 4.40. The van der Waals surface area contributed by atoms with E-state index in [2.05, 4.69) is 5.32 Å². The van der Waals surface area contributed by atoms with Crippen LogP contribution in [0.5, 0.6) is 0 Å². The molecular formula is C10H13F2NO. The first kappa shape index (κ1) is 11.1. The lowest BCUT2D eigenvalue weighted by Gasteiger charge is -2.09. The van der Waals surface area contributed by atoms with Crippen molar-refractivity contribution in [3.05, 3.63) is 35.4 Å². The van der Waals surface area contributed by atoms with Crippen LogP contribution in [-0.4, -0.2) is 24.8 Å². The van der Waals surface area contributed by atoms with Crippen LogP contribution >= 0.6 is 0 Å². The number of hydrogen-bond acceptors (Lipinski definition) is 2. The van der Waals surface area contributed by atoms with Gasteiger partial charge in [0.05, 0.1) is 6.10 Å². The molecule has 0 fully saturated rings. The number of aliphatic hydroxyl groups excluding tert-OH is 1. The standard InChI is InChI=1S/C10H13F2NO/c1-13-6-8(14)4-7-2-3-9(11)10(12)5-7/h2-3,5,8,13-14H,4,6H2,1H3. The van der Waals surface area contributed by atoms with E-state index in [4.69, 9.17) is 0 Å². The summed E-state index contributed by atoms with van der Waals surface area (Å²) in [5.74, 6) is -1.74. The Morgan fingerprint density at radius 1 is 1.36 bits per heavy atom. The van der Waals surface area contributed by atoms with Gasteiger partial charge in [-0.05, 0) is 31.2 Å². The molecule has 14 heavy (non-hydrogen) atoms. The van der Waals surface area contributed by atoms with Crippen molar-refractivity contribution in [1.29, 1.82) is 0 Å². The molecule has 1 unspecified atom stereocenters. The van der Waals surface area contributed by atoms with Crippen molar-refractivity contribution in [2.75, 3.05) is 13.6 Å². The summed E-state index contributed by atoms with van der Waals surface area (Å²) in [4.78, 5) is 0. The van der Waals surface area contributed by atoms with E-state index in [1.54, 1.807) is 7.05 Å². The molecule has 0 saturated carbocycles. The average Bonchev–Trinajstić information content (AvgIpc) is 2.12. The second kappa shape index (κ2) is 5.02. The van der Waals surface area contributed by atoms with Crippen LogP contribution in [0.4, 0.5) is 8.78 Å². The molecule has 4 heteroatoms. The van der Waals surface area contributed by atoms with E-state index >= 15 is 0 Å². The van der Waals surface area contributed by atoms with Crippen molar-refractivity contribution >= 4 is 0 Å². The van der Waals surface area contributed by atoms with Gasteiger partial charge >= 0.3 is 0 Å². The zero-order valence-electron chi connectivity index (χ0n) is 7.93. The third kappa shape index (κ3) is 3.05. The van der Waals surface area contributed by atoms with Gasteiger partial charge in [0, 0.05) is 6.54 Å². The molecule has 0 heterocycles. The van der Waals surface area contributed by atoms with Crippen molar-refractivity contribution < 1.29 is 13.9 Å². The molecule has 0 bridgehead atoms. The van der Waals surface area contributed by atoms with Gasteiger partial charge in [0.2, 0.25) is 0 Å². The summed E-state index contributed by atoms with van der Waals surface area (Å²) in [7, 11) is 1.72. The molecule has 1 aromatic carbocycles. The highest BCUT2D eigenvalue weighted by atomic mass is 19.2. The van der Waals surface area contributed by atoms with E-state index in [1.165, 1.54) is 6.07 Å². The lowest BCUT2D eigenvalue weighted by Crippen LogP contribution is -2.25. The van der Waals surface area contributed by atoms with Gasteiger partial charge in [-0.25, -0.2) is 8.78 Å². The highest BCUT2D eigenvalue weighted by Crippen LogP contribution is 2.10. The van der Waals surface area contributed by atoms with Gasteiger partial charge < -0.3 is 10.4 Å². The molecule has 1 atom stereocenters. The summed E-state index contributed by atoms with van der Waals surface area (Å²) in [5.41, 5.74) is 0.589. The Bertz CT molecular complexity index is 304. The van der Waals surface area contributed by atoms with E-state index in [-0.39, 0.29) is 0 Å². The molecule has 1 rings (SSSR count). The maximum absolute atomic E-state index is 12.7. The molecule has 0 radical (unpaired) electrons. The third-order valence-electron chi connectivity index (χ3n) is 1.90. The van der Waals surface area contributed by atoms with Gasteiger partial charge in [-0.3, -0.25) is 0 Å². The van der Waals surface area contributed by atoms with Crippen LogP contribution in [0.1, 0.15) is 5.56 Å². The summed E-state index contributed by atoms with van der Waals surface area (Å²) in [6, 6.07) is 3.64. The van der Waals surface area contributed by atoms with E-state index in [1.807, 2.05) is 0 Å². The number of rotatable bonds is 4. The van der Waals surface area contributed by atoms with Crippen LogP contribution in [-0.2, 0) is 6.42 Å². The van der Waals surface area contributed by atoms with Crippen LogP contribution in [0.2, 0.25) is 0 Å². The zero-order chi connectivity index (χ0) is 10.6. The van der Waals surface area contributed by atoms with Crippen molar-refractivity contribution in [3.8, 4) is 0 Å². The highest BCUT2D eigenvalue weighted by molar-refractivity contribution is 5.18. The third-order valence-corrected chi connectivity index (χ3v) is 1.90. The van der Waals surface area contributed by atoms with Gasteiger partial charge in [0.15, 0.2) is 11.6 Å². The Balaban J connectivity index is 2.63. The maximum Gasteiger partial charge on any atom is 0.159 e. The highest BCUT2D eigenvalue weighted by Gasteiger charge is 2.07. The maximum atomic E-state index is 12.7. The van der Waals surface area contributed by atoms with Crippen molar-refractivity contribution in [1.82, 2.24) is 5.32 Å². The lowest BCUT2D eigenvalue weighted by molar-refractivity contribution is 0.174. The fourth-order valence-corrected chi connectivity index (χ4v) is 1.25. The van der Waals surface area contributed by atoms with Crippen LogP contribution < -0.4 is 5.32 Å². The minimum Gasteiger partial charge on any atom is -0.391 e. The number of likely N-dealkylation sites (N-methyl/N-ethyl adjacent to an activating group) is 1. The SMILES string of the molecule is CNCC(O)Cc1ccc(F)c(F)c1. The molecule has 2 N–H and O–H groups in total. The Labute approximate surface area is 81.6 Å². The summed E-state index contributed by atoms with van der Waals surface area (Å²) in [5, 5.41) is 12.2. The zero-order valence-corrected chi connectivity index (χ0v) is 7.93. The van der Waals surface area contributed by atoms with Crippen molar-refractivity contribution in [2.45, 2.75) is 12.5 Å². The van der Waals surface area contributed by atoms with Crippen LogP contribution in [0.15, 0.2) is 18.2 Å². The molecule has 0 saturated heterocycles. The Morgan fingerprint density at radius 2 is 2.07 bits per heavy atom. The molecule has 0 spiro atoms. The van der Waals surface area contributed by atoms with Gasteiger partial charge in [-0.1, -0.05) is 6.07 Å². The van der Waals surface area contributed by atoms with Gasteiger partial charge in [-0.15, -0.1) is 0 Å². The second-order valence-corrected chi connectivity index (χ2v) is 3.16. The van der Waals surface area contributed by atoms with Crippen LogP contribution in [0.25, 0.3) is 0 Å². The summed E-state index contributed by atoms with van der Waals surface area (Å²) < 4.78 is 25.3. The first-order chi connectivity index (χ1) is 6.63. The topological polar surface area (TPSA) is 32.3 Å². The second-order valence-electron chi connectivity index (χ2n) is 3.16. The summed E-state index contributed by atoms with van der Waals surface area (Å²) in [6.45, 7) is 0.430.